The number of nitrogens with zero attached hydrogens (tertiary/aromatic N) is 1. The van der Waals surface area contributed by atoms with Gasteiger partial charge in [-0.15, -0.1) is 0 Å². The van der Waals surface area contributed by atoms with E-state index in [1.165, 1.54) is 18.2 Å². The second-order valence-corrected chi connectivity index (χ2v) is 6.38. The number of rotatable bonds is 4. The predicted molar refractivity (Wildman–Crippen MR) is 91.8 cm³/mol. The SMILES string of the molecule is C[C@H]1CN(c2ccc(F)c(OCc3ccc(Cl)cc3F)c2)CCN1. The lowest BCUT2D eigenvalue weighted by Crippen LogP contribution is -2.49. The van der Waals surface area contributed by atoms with E-state index in [1.54, 1.807) is 18.2 Å². The molecule has 0 unspecified atom stereocenters. The Morgan fingerprint density at radius 1 is 1.21 bits per heavy atom. The molecule has 3 nitrogen and oxygen atoms in total. The van der Waals surface area contributed by atoms with Crippen LogP contribution in [-0.2, 0) is 6.61 Å². The summed E-state index contributed by atoms with van der Waals surface area (Å²) in [6.45, 7) is 4.63. The smallest absolute Gasteiger partial charge is 0.165 e. The molecule has 1 heterocycles. The summed E-state index contributed by atoms with van der Waals surface area (Å²) < 4.78 is 33.3. The van der Waals surface area contributed by atoms with Crippen molar-refractivity contribution in [2.45, 2.75) is 19.6 Å². The highest BCUT2D eigenvalue weighted by Crippen LogP contribution is 2.27. The van der Waals surface area contributed by atoms with Gasteiger partial charge in [-0.25, -0.2) is 8.78 Å². The number of hydrogen-bond acceptors (Lipinski definition) is 3. The summed E-state index contributed by atoms with van der Waals surface area (Å²) in [5.74, 6) is -0.806. The van der Waals surface area contributed by atoms with Crippen molar-refractivity contribution >= 4 is 17.3 Å². The van der Waals surface area contributed by atoms with Crippen molar-refractivity contribution in [3.8, 4) is 5.75 Å². The molecule has 1 N–H and O–H groups in total. The molecule has 1 fully saturated rings. The van der Waals surface area contributed by atoms with Gasteiger partial charge in [0.25, 0.3) is 0 Å². The van der Waals surface area contributed by atoms with Gasteiger partial charge in [-0.3, -0.25) is 0 Å². The van der Waals surface area contributed by atoms with Crippen LogP contribution in [0.3, 0.4) is 0 Å². The molecule has 1 aliphatic rings. The molecule has 0 bridgehead atoms. The van der Waals surface area contributed by atoms with Crippen LogP contribution >= 0.6 is 11.6 Å². The molecule has 3 rings (SSSR count). The zero-order valence-corrected chi connectivity index (χ0v) is 14.1. The van der Waals surface area contributed by atoms with Crippen LogP contribution in [0.4, 0.5) is 14.5 Å². The van der Waals surface area contributed by atoms with Gasteiger partial charge in [-0.1, -0.05) is 17.7 Å². The first-order valence-corrected chi connectivity index (χ1v) is 8.25. The molecule has 0 saturated carbocycles. The van der Waals surface area contributed by atoms with Gasteiger partial charge < -0.3 is 15.0 Å². The van der Waals surface area contributed by atoms with Gasteiger partial charge in [0.05, 0.1) is 0 Å². The van der Waals surface area contributed by atoms with Crippen molar-refractivity contribution in [2.24, 2.45) is 0 Å². The molecule has 1 atom stereocenters. The fourth-order valence-corrected chi connectivity index (χ4v) is 2.92. The number of nitrogens with one attached hydrogen (secondary N) is 1. The van der Waals surface area contributed by atoms with Crippen LogP contribution in [0.1, 0.15) is 12.5 Å². The zero-order chi connectivity index (χ0) is 17.1. The predicted octanol–water partition coefficient (Wildman–Crippen LogP) is 4.00. The van der Waals surface area contributed by atoms with Gasteiger partial charge in [-0.05, 0) is 31.2 Å². The van der Waals surface area contributed by atoms with Gasteiger partial charge >= 0.3 is 0 Å². The first-order valence-electron chi connectivity index (χ1n) is 7.87. The summed E-state index contributed by atoms with van der Waals surface area (Å²) in [5.41, 5.74) is 1.23. The maximum absolute atomic E-state index is 14.0. The second kappa shape index (κ2) is 7.36. The van der Waals surface area contributed by atoms with E-state index in [9.17, 15) is 8.78 Å². The van der Waals surface area contributed by atoms with Crippen molar-refractivity contribution in [3.63, 3.8) is 0 Å². The van der Waals surface area contributed by atoms with Crippen LogP contribution in [0, 0.1) is 11.6 Å². The molecular weight excluding hydrogens is 334 g/mol. The minimum absolute atomic E-state index is 0.0542. The summed E-state index contributed by atoms with van der Waals surface area (Å²) >= 11 is 5.73. The third-order valence-corrected chi connectivity index (χ3v) is 4.28. The molecule has 1 aliphatic heterocycles. The van der Waals surface area contributed by atoms with E-state index < -0.39 is 11.6 Å². The lowest BCUT2D eigenvalue weighted by molar-refractivity contribution is 0.285. The Kier molecular flexibility index (Phi) is 5.21. The molecule has 0 amide bonds. The average molecular weight is 353 g/mol. The second-order valence-electron chi connectivity index (χ2n) is 5.94. The van der Waals surface area contributed by atoms with Crippen LogP contribution in [0.15, 0.2) is 36.4 Å². The molecule has 1 saturated heterocycles. The molecule has 0 spiro atoms. The Morgan fingerprint density at radius 3 is 2.79 bits per heavy atom. The van der Waals surface area contributed by atoms with Crippen molar-refractivity contribution < 1.29 is 13.5 Å². The van der Waals surface area contributed by atoms with Crippen molar-refractivity contribution in [1.29, 1.82) is 0 Å². The van der Waals surface area contributed by atoms with E-state index in [-0.39, 0.29) is 12.4 Å². The minimum Gasteiger partial charge on any atom is -0.486 e. The standard InChI is InChI=1S/C18H19ClF2N2O/c1-12-10-23(7-6-22-12)15-4-5-16(20)18(9-15)24-11-13-2-3-14(19)8-17(13)21/h2-5,8-9,12,22H,6-7,10-11H2,1H3/t12-/m0/s1. The maximum atomic E-state index is 14.0. The lowest BCUT2D eigenvalue weighted by atomic mass is 10.2. The molecular formula is C18H19ClF2N2O. The first kappa shape index (κ1) is 17.0. The van der Waals surface area contributed by atoms with E-state index in [4.69, 9.17) is 16.3 Å². The van der Waals surface area contributed by atoms with E-state index in [0.29, 0.717) is 16.6 Å². The molecule has 24 heavy (non-hydrogen) atoms. The van der Waals surface area contributed by atoms with Crippen LogP contribution in [0.25, 0.3) is 0 Å². The summed E-state index contributed by atoms with van der Waals surface area (Å²) in [6.07, 6.45) is 0. The first-order chi connectivity index (χ1) is 11.5. The van der Waals surface area contributed by atoms with Gasteiger partial charge in [0.2, 0.25) is 0 Å². The zero-order valence-electron chi connectivity index (χ0n) is 13.4. The fourth-order valence-electron chi connectivity index (χ4n) is 2.76. The Bertz CT molecular complexity index is 726. The van der Waals surface area contributed by atoms with E-state index >= 15 is 0 Å². The number of piperazine rings is 1. The van der Waals surface area contributed by atoms with Crippen molar-refractivity contribution in [1.82, 2.24) is 5.32 Å². The highest BCUT2D eigenvalue weighted by Gasteiger charge is 2.17. The molecule has 2 aromatic carbocycles. The Balaban J connectivity index is 1.74. The fraction of sp³-hybridized carbons (Fsp3) is 0.333. The Labute approximate surface area is 145 Å². The number of ether oxygens (including phenoxy) is 1. The lowest BCUT2D eigenvalue weighted by Gasteiger charge is -2.33. The average Bonchev–Trinajstić information content (AvgIpc) is 2.55. The third-order valence-electron chi connectivity index (χ3n) is 4.05. The molecule has 0 aromatic heterocycles. The quantitative estimate of drug-likeness (QED) is 0.900. The van der Waals surface area contributed by atoms with Crippen molar-refractivity contribution in [3.05, 3.63) is 58.6 Å². The third kappa shape index (κ3) is 3.97. The normalized spacial score (nSPS) is 17.8. The van der Waals surface area contributed by atoms with Gasteiger partial charge in [0.15, 0.2) is 11.6 Å². The molecule has 128 valence electrons. The molecule has 2 aromatic rings. The maximum Gasteiger partial charge on any atom is 0.165 e. The number of benzene rings is 2. The molecule has 6 heteroatoms. The Hall–Kier alpha value is -1.85. The highest BCUT2D eigenvalue weighted by molar-refractivity contribution is 6.30. The largest absolute Gasteiger partial charge is 0.486 e. The molecule has 0 aliphatic carbocycles. The van der Waals surface area contributed by atoms with Gasteiger partial charge in [-0.2, -0.15) is 0 Å². The summed E-state index contributed by atoms with van der Waals surface area (Å²) in [7, 11) is 0. The monoisotopic (exact) mass is 352 g/mol. The van der Waals surface area contributed by atoms with Crippen LogP contribution in [0.2, 0.25) is 5.02 Å². The topological polar surface area (TPSA) is 24.5 Å². The summed E-state index contributed by atoms with van der Waals surface area (Å²) in [5, 5.41) is 3.68. The molecule has 0 radical (unpaired) electrons. The van der Waals surface area contributed by atoms with E-state index in [1.807, 2.05) is 0 Å². The summed E-state index contributed by atoms with van der Waals surface area (Å²) in [4.78, 5) is 2.18. The van der Waals surface area contributed by atoms with Crippen LogP contribution in [0.5, 0.6) is 5.75 Å². The van der Waals surface area contributed by atoms with Crippen molar-refractivity contribution in [2.75, 3.05) is 24.5 Å². The summed E-state index contributed by atoms with van der Waals surface area (Å²) in [6, 6.07) is 9.50. The number of halogens is 3. The highest BCUT2D eigenvalue weighted by atomic mass is 35.5. The van der Waals surface area contributed by atoms with E-state index in [0.717, 1.165) is 25.3 Å². The van der Waals surface area contributed by atoms with Crippen LogP contribution < -0.4 is 15.0 Å². The van der Waals surface area contributed by atoms with E-state index in [2.05, 4.69) is 17.1 Å². The van der Waals surface area contributed by atoms with Crippen LogP contribution in [-0.4, -0.2) is 25.7 Å². The van der Waals surface area contributed by atoms with Gasteiger partial charge in [0, 0.05) is 48.0 Å². The number of hydrogen-bond donors (Lipinski definition) is 1. The number of anilines is 1. The van der Waals surface area contributed by atoms with Gasteiger partial charge in [0.1, 0.15) is 12.4 Å². The Morgan fingerprint density at radius 2 is 2.04 bits per heavy atom. The minimum atomic E-state index is -0.463.